The first kappa shape index (κ1) is 11.2. The molecule has 1 saturated heterocycles. The minimum atomic E-state index is -0.0566. The molecular weight excluding hydrogens is 176 g/mol. The van der Waals surface area contributed by atoms with Crippen LogP contribution in [0.5, 0.6) is 0 Å². The number of likely N-dealkylation sites (N-methyl/N-ethyl adjacent to an activating group) is 1. The Bertz CT molecular complexity index is 249. The molecule has 0 unspecified atom stereocenters. The fourth-order valence-electron chi connectivity index (χ4n) is 1.88. The molecule has 0 N–H and O–H groups in total. The summed E-state index contributed by atoms with van der Waals surface area (Å²) in [4.78, 5) is 2.37. The van der Waals surface area contributed by atoms with Crippen molar-refractivity contribution in [3.8, 4) is 6.07 Å². The second-order valence-electron chi connectivity index (χ2n) is 4.09. The Labute approximate surface area is 86.0 Å². The third-order valence-corrected chi connectivity index (χ3v) is 2.71. The van der Waals surface area contributed by atoms with Crippen LogP contribution in [-0.2, 0) is 4.74 Å². The van der Waals surface area contributed by atoms with Crippen molar-refractivity contribution >= 4 is 0 Å². The van der Waals surface area contributed by atoms with E-state index in [9.17, 15) is 0 Å². The Balaban J connectivity index is 2.66. The lowest BCUT2D eigenvalue weighted by Gasteiger charge is -2.45. The van der Waals surface area contributed by atoms with Crippen molar-refractivity contribution in [2.75, 3.05) is 19.8 Å². The lowest BCUT2D eigenvalue weighted by molar-refractivity contribution is -0.0859. The Morgan fingerprint density at radius 1 is 1.57 bits per heavy atom. The summed E-state index contributed by atoms with van der Waals surface area (Å²) in [5.74, 6) is 0. The van der Waals surface area contributed by atoms with Gasteiger partial charge in [-0.15, -0.1) is 0 Å². The van der Waals surface area contributed by atoms with Crippen LogP contribution in [-0.4, -0.2) is 36.2 Å². The molecule has 1 aliphatic heterocycles. The minimum absolute atomic E-state index is 0.0566. The number of nitrogens with zero attached hydrogens (tertiary/aromatic N) is 2. The van der Waals surface area contributed by atoms with E-state index in [-0.39, 0.29) is 5.54 Å². The van der Waals surface area contributed by atoms with Gasteiger partial charge in [0.25, 0.3) is 0 Å². The Morgan fingerprint density at radius 3 is 2.57 bits per heavy atom. The van der Waals surface area contributed by atoms with Crippen molar-refractivity contribution < 1.29 is 4.74 Å². The molecule has 1 heterocycles. The van der Waals surface area contributed by atoms with E-state index in [1.165, 1.54) is 0 Å². The van der Waals surface area contributed by atoms with Gasteiger partial charge in [-0.3, -0.25) is 4.90 Å². The lowest BCUT2D eigenvalue weighted by Crippen LogP contribution is -2.56. The van der Waals surface area contributed by atoms with Gasteiger partial charge in [-0.25, -0.2) is 0 Å². The molecular formula is C11H18N2O. The SMILES string of the molecule is CCN(C1COC1)C(C)(C)C=CC#N. The summed E-state index contributed by atoms with van der Waals surface area (Å²) in [5.41, 5.74) is -0.0566. The lowest BCUT2D eigenvalue weighted by atomic mass is 9.98. The van der Waals surface area contributed by atoms with Crippen molar-refractivity contribution in [1.29, 1.82) is 5.26 Å². The largest absolute Gasteiger partial charge is 0.378 e. The topological polar surface area (TPSA) is 36.3 Å². The van der Waals surface area contributed by atoms with Crippen LogP contribution in [0.4, 0.5) is 0 Å². The third kappa shape index (κ3) is 2.34. The first-order chi connectivity index (χ1) is 6.61. The van der Waals surface area contributed by atoms with Gasteiger partial charge in [0, 0.05) is 11.6 Å². The summed E-state index contributed by atoms with van der Waals surface area (Å²) >= 11 is 0. The monoisotopic (exact) mass is 194 g/mol. The molecule has 0 atom stereocenters. The van der Waals surface area contributed by atoms with E-state index in [4.69, 9.17) is 10.00 Å². The second-order valence-corrected chi connectivity index (χ2v) is 4.09. The highest BCUT2D eigenvalue weighted by atomic mass is 16.5. The first-order valence-electron chi connectivity index (χ1n) is 5.03. The van der Waals surface area contributed by atoms with E-state index in [2.05, 4.69) is 25.7 Å². The fourth-order valence-corrected chi connectivity index (χ4v) is 1.88. The number of hydrogen-bond donors (Lipinski definition) is 0. The molecule has 1 fully saturated rings. The van der Waals surface area contributed by atoms with Gasteiger partial charge in [0.15, 0.2) is 0 Å². The molecule has 78 valence electrons. The average molecular weight is 194 g/mol. The average Bonchev–Trinajstić information content (AvgIpc) is 2.07. The van der Waals surface area contributed by atoms with Crippen molar-refractivity contribution in [3.63, 3.8) is 0 Å². The molecule has 0 amide bonds. The molecule has 0 aromatic carbocycles. The first-order valence-corrected chi connectivity index (χ1v) is 5.03. The van der Waals surface area contributed by atoms with Crippen LogP contribution in [0.25, 0.3) is 0 Å². The number of hydrogen-bond acceptors (Lipinski definition) is 3. The molecule has 0 aromatic rings. The van der Waals surface area contributed by atoms with Crippen LogP contribution in [0.2, 0.25) is 0 Å². The van der Waals surface area contributed by atoms with Crippen LogP contribution in [0.3, 0.4) is 0 Å². The van der Waals surface area contributed by atoms with Gasteiger partial charge in [0.1, 0.15) is 0 Å². The predicted molar refractivity (Wildman–Crippen MR) is 55.8 cm³/mol. The van der Waals surface area contributed by atoms with E-state index < -0.39 is 0 Å². The number of nitriles is 1. The fraction of sp³-hybridized carbons (Fsp3) is 0.727. The van der Waals surface area contributed by atoms with Gasteiger partial charge in [-0.2, -0.15) is 5.26 Å². The second kappa shape index (κ2) is 4.59. The maximum absolute atomic E-state index is 8.51. The van der Waals surface area contributed by atoms with Crippen molar-refractivity contribution in [2.24, 2.45) is 0 Å². The van der Waals surface area contributed by atoms with E-state index >= 15 is 0 Å². The van der Waals surface area contributed by atoms with Crippen molar-refractivity contribution in [2.45, 2.75) is 32.4 Å². The number of allylic oxidation sites excluding steroid dienone is 1. The molecule has 3 heteroatoms. The quantitative estimate of drug-likeness (QED) is 0.637. The predicted octanol–water partition coefficient (Wildman–Crippen LogP) is 1.57. The van der Waals surface area contributed by atoms with Gasteiger partial charge in [-0.05, 0) is 20.4 Å². The Morgan fingerprint density at radius 2 is 2.21 bits per heavy atom. The number of ether oxygens (including phenoxy) is 1. The standard InChI is InChI=1S/C11H18N2O/c1-4-13(10-8-14-9-10)11(2,3)6-5-7-12/h5-6,10H,4,8-9H2,1-3H3. The van der Waals surface area contributed by atoms with Gasteiger partial charge >= 0.3 is 0 Å². The molecule has 14 heavy (non-hydrogen) atoms. The van der Waals surface area contributed by atoms with Crippen LogP contribution < -0.4 is 0 Å². The zero-order chi connectivity index (χ0) is 10.6. The molecule has 1 rings (SSSR count). The van der Waals surface area contributed by atoms with Crippen molar-refractivity contribution in [3.05, 3.63) is 12.2 Å². The molecule has 1 aliphatic rings. The smallest absolute Gasteiger partial charge is 0.0909 e. The molecule has 0 bridgehead atoms. The zero-order valence-electron chi connectivity index (χ0n) is 9.16. The van der Waals surface area contributed by atoms with E-state index in [0.717, 1.165) is 19.8 Å². The zero-order valence-corrected chi connectivity index (χ0v) is 9.16. The van der Waals surface area contributed by atoms with Gasteiger partial charge < -0.3 is 4.74 Å². The summed E-state index contributed by atoms with van der Waals surface area (Å²) in [5, 5.41) is 8.51. The van der Waals surface area contributed by atoms with Crippen molar-refractivity contribution in [1.82, 2.24) is 4.90 Å². The third-order valence-electron chi connectivity index (χ3n) is 2.71. The molecule has 0 aromatic heterocycles. The van der Waals surface area contributed by atoms with E-state index in [0.29, 0.717) is 6.04 Å². The molecule has 3 nitrogen and oxygen atoms in total. The van der Waals surface area contributed by atoms with E-state index in [1.54, 1.807) is 6.08 Å². The molecule has 0 saturated carbocycles. The summed E-state index contributed by atoms with van der Waals surface area (Å²) in [7, 11) is 0. The van der Waals surface area contributed by atoms with Crippen LogP contribution in [0, 0.1) is 11.3 Å². The molecule has 0 aliphatic carbocycles. The summed E-state index contributed by atoms with van der Waals surface area (Å²) in [6, 6.07) is 2.55. The highest BCUT2D eigenvalue weighted by Crippen LogP contribution is 2.22. The van der Waals surface area contributed by atoms with Crippen LogP contribution in [0.1, 0.15) is 20.8 Å². The maximum atomic E-state index is 8.51. The molecule has 0 spiro atoms. The highest BCUT2D eigenvalue weighted by Gasteiger charge is 2.33. The molecule has 0 radical (unpaired) electrons. The maximum Gasteiger partial charge on any atom is 0.0909 e. The van der Waals surface area contributed by atoms with Gasteiger partial charge in [0.2, 0.25) is 0 Å². The van der Waals surface area contributed by atoms with Crippen LogP contribution in [0.15, 0.2) is 12.2 Å². The Kier molecular flexibility index (Phi) is 3.68. The Hall–Kier alpha value is -0.850. The van der Waals surface area contributed by atoms with Gasteiger partial charge in [0.05, 0.1) is 25.3 Å². The summed E-state index contributed by atoms with van der Waals surface area (Å²) in [6.45, 7) is 9.01. The summed E-state index contributed by atoms with van der Waals surface area (Å²) in [6.07, 6.45) is 3.51. The van der Waals surface area contributed by atoms with Gasteiger partial charge in [-0.1, -0.05) is 13.0 Å². The van der Waals surface area contributed by atoms with E-state index in [1.807, 2.05) is 12.1 Å². The van der Waals surface area contributed by atoms with Crippen LogP contribution >= 0.6 is 0 Å². The highest BCUT2D eigenvalue weighted by molar-refractivity contribution is 5.12. The summed E-state index contributed by atoms with van der Waals surface area (Å²) < 4.78 is 5.19. The normalized spacial score (nSPS) is 18.5. The minimum Gasteiger partial charge on any atom is -0.378 e. The number of rotatable bonds is 4.